The van der Waals surface area contributed by atoms with Crippen LogP contribution in [0.25, 0.3) is 6.08 Å². The Labute approximate surface area is 230 Å². The lowest BCUT2D eigenvalue weighted by Crippen LogP contribution is -2.30. The van der Waals surface area contributed by atoms with Gasteiger partial charge in [-0.05, 0) is 41.8 Å². The van der Waals surface area contributed by atoms with Crippen molar-refractivity contribution in [1.29, 1.82) is 0 Å². The minimum absolute atomic E-state index is 0.0252. The maximum Gasteiger partial charge on any atom is 0.296 e. The molecule has 7 nitrogen and oxygen atoms in total. The van der Waals surface area contributed by atoms with Gasteiger partial charge < -0.3 is 14.6 Å². The summed E-state index contributed by atoms with van der Waals surface area (Å²) in [4.78, 5) is 32.4. The number of hydrogen-bond acceptors (Lipinski definition) is 7. The average Bonchev–Trinajstić information content (AvgIpc) is 3.59. The lowest BCUT2D eigenvalue weighted by Gasteiger charge is -2.25. The van der Waals surface area contributed by atoms with E-state index in [0.29, 0.717) is 35.4 Å². The van der Waals surface area contributed by atoms with Crippen LogP contribution in [0.4, 0.5) is 5.13 Å². The number of thiazole rings is 1. The number of aliphatic hydroxyl groups excluding tert-OH is 1. The summed E-state index contributed by atoms with van der Waals surface area (Å²) in [5.41, 5.74) is 2.38. The number of aliphatic hydroxyl groups is 1. The number of carbonyl (C=O) groups excluding carboxylic acids is 2. The first-order valence-electron chi connectivity index (χ1n) is 12.4. The molecule has 0 fully saturated rings. The summed E-state index contributed by atoms with van der Waals surface area (Å²) in [6.45, 7) is 2.60. The molecule has 0 spiro atoms. The van der Waals surface area contributed by atoms with Gasteiger partial charge in [0.25, 0.3) is 5.91 Å². The van der Waals surface area contributed by atoms with Gasteiger partial charge in [-0.2, -0.15) is 0 Å². The zero-order valence-corrected chi connectivity index (χ0v) is 22.0. The zero-order chi connectivity index (χ0) is 27.2. The highest BCUT2D eigenvalue weighted by molar-refractivity contribution is 7.13. The Kier molecular flexibility index (Phi) is 7.84. The number of rotatable bonds is 10. The number of nitrogens with zero attached hydrogens (tertiary/aromatic N) is 2. The van der Waals surface area contributed by atoms with Crippen LogP contribution < -0.4 is 14.4 Å². The number of ketones is 1. The Morgan fingerprint density at radius 2 is 1.77 bits per heavy atom. The SMILES string of the molecule is CCOc1cc(C2C(C(=O)C=Cc3ccccc3)=C(O)C(=O)N2c2nccs2)ccc1OCc1ccccc1. The van der Waals surface area contributed by atoms with E-state index >= 15 is 0 Å². The molecular formula is C31H26N2O5S. The molecule has 2 heterocycles. The first kappa shape index (κ1) is 25.9. The molecule has 1 atom stereocenters. The zero-order valence-electron chi connectivity index (χ0n) is 21.2. The van der Waals surface area contributed by atoms with Crippen molar-refractivity contribution in [1.82, 2.24) is 4.98 Å². The van der Waals surface area contributed by atoms with Gasteiger partial charge in [0.2, 0.25) is 0 Å². The summed E-state index contributed by atoms with van der Waals surface area (Å²) in [6.07, 6.45) is 4.60. The Bertz CT molecular complexity index is 1520. The van der Waals surface area contributed by atoms with Gasteiger partial charge in [-0.25, -0.2) is 4.98 Å². The Morgan fingerprint density at radius 1 is 1.03 bits per heavy atom. The van der Waals surface area contributed by atoms with Crippen LogP contribution in [0.15, 0.2) is 108 Å². The van der Waals surface area contributed by atoms with Crippen LogP contribution in [0.1, 0.15) is 29.7 Å². The van der Waals surface area contributed by atoms with E-state index in [4.69, 9.17) is 9.47 Å². The van der Waals surface area contributed by atoms with Crippen molar-refractivity contribution < 1.29 is 24.2 Å². The van der Waals surface area contributed by atoms with Crippen LogP contribution in [-0.2, 0) is 16.2 Å². The topological polar surface area (TPSA) is 89.0 Å². The van der Waals surface area contributed by atoms with Crippen LogP contribution in [0, 0.1) is 0 Å². The highest BCUT2D eigenvalue weighted by atomic mass is 32.1. The van der Waals surface area contributed by atoms with E-state index in [1.54, 1.807) is 35.9 Å². The van der Waals surface area contributed by atoms with Gasteiger partial charge >= 0.3 is 0 Å². The third-order valence-electron chi connectivity index (χ3n) is 6.15. The largest absolute Gasteiger partial charge is 0.503 e. The van der Waals surface area contributed by atoms with Crippen LogP contribution >= 0.6 is 11.3 Å². The van der Waals surface area contributed by atoms with Crippen molar-refractivity contribution >= 4 is 34.2 Å². The second-order valence-corrected chi connectivity index (χ2v) is 9.55. The van der Waals surface area contributed by atoms with Gasteiger partial charge in [0, 0.05) is 11.6 Å². The van der Waals surface area contributed by atoms with Gasteiger partial charge in [0.05, 0.1) is 18.2 Å². The number of anilines is 1. The van der Waals surface area contributed by atoms with Crippen LogP contribution in [-0.4, -0.2) is 28.4 Å². The van der Waals surface area contributed by atoms with Crippen LogP contribution in [0.3, 0.4) is 0 Å². The number of aromatic nitrogens is 1. The van der Waals surface area contributed by atoms with E-state index in [1.165, 1.54) is 22.3 Å². The Balaban J connectivity index is 1.52. The third kappa shape index (κ3) is 5.61. The fourth-order valence-electron chi connectivity index (χ4n) is 4.35. The maximum atomic E-state index is 13.5. The van der Waals surface area contributed by atoms with Crippen molar-refractivity contribution in [2.45, 2.75) is 19.6 Å². The molecule has 0 radical (unpaired) electrons. The minimum atomic E-state index is -0.904. The van der Waals surface area contributed by atoms with Crippen LogP contribution in [0.2, 0.25) is 0 Å². The van der Waals surface area contributed by atoms with E-state index in [9.17, 15) is 14.7 Å². The summed E-state index contributed by atoms with van der Waals surface area (Å²) in [7, 11) is 0. The van der Waals surface area contributed by atoms with Gasteiger partial charge in [-0.1, -0.05) is 72.8 Å². The summed E-state index contributed by atoms with van der Waals surface area (Å²) >= 11 is 1.24. The van der Waals surface area contributed by atoms with Gasteiger partial charge in [-0.3, -0.25) is 14.5 Å². The molecule has 0 saturated carbocycles. The van der Waals surface area contributed by atoms with Gasteiger partial charge in [-0.15, -0.1) is 11.3 Å². The van der Waals surface area contributed by atoms with E-state index in [0.717, 1.165) is 11.1 Å². The smallest absolute Gasteiger partial charge is 0.296 e. The van der Waals surface area contributed by atoms with Crippen molar-refractivity contribution in [3.63, 3.8) is 0 Å². The Morgan fingerprint density at radius 3 is 2.46 bits per heavy atom. The van der Waals surface area contributed by atoms with E-state index < -0.39 is 23.5 Å². The highest BCUT2D eigenvalue weighted by Crippen LogP contribution is 2.44. The summed E-state index contributed by atoms with van der Waals surface area (Å²) < 4.78 is 11.9. The van der Waals surface area contributed by atoms with Crippen molar-refractivity contribution in [2.75, 3.05) is 11.5 Å². The molecule has 5 rings (SSSR count). The number of allylic oxidation sites excluding steroid dienone is 1. The van der Waals surface area contributed by atoms with E-state index in [2.05, 4.69) is 4.98 Å². The molecular weight excluding hydrogens is 512 g/mol. The first-order chi connectivity index (χ1) is 19.1. The standard InChI is InChI=1S/C31H26N2O5S/c1-2-37-26-19-23(14-16-25(26)38-20-22-11-7-4-8-12-22)28-27(24(34)15-13-21-9-5-3-6-10-21)29(35)30(36)33(28)31-32-17-18-39-31/h3-19,28,35H,2,20H2,1H3. The van der Waals surface area contributed by atoms with Crippen molar-refractivity contribution in [2.24, 2.45) is 0 Å². The quantitative estimate of drug-likeness (QED) is 0.238. The predicted molar refractivity (Wildman–Crippen MR) is 151 cm³/mol. The number of hydrogen-bond donors (Lipinski definition) is 1. The molecule has 1 N–H and O–H groups in total. The molecule has 4 aromatic rings. The maximum absolute atomic E-state index is 13.5. The molecule has 1 amide bonds. The molecule has 0 saturated heterocycles. The van der Waals surface area contributed by atoms with E-state index in [1.807, 2.05) is 67.6 Å². The average molecular weight is 539 g/mol. The molecule has 0 aliphatic carbocycles. The van der Waals surface area contributed by atoms with E-state index in [-0.39, 0.29) is 5.57 Å². The fraction of sp³-hybridized carbons (Fsp3) is 0.129. The lowest BCUT2D eigenvalue weighted by atomic mass is 9.95. The summed E-state index contributed by atoms with van der Waals surface area (Å²) in [6, 6.07) is 23.5. The molecule has 8 heteroatoms. The highest BCUT2D eigenvalue weighted by Gasteiger charge is 2.45. The molecule has 3 aromatic carbocycles. The third-order valence-corrected chi connectivity index (χ3v) is 6.92. The molecule has 39 heavy (non-hydrogen) atoms. The number of ether oxygens (including phenoxy) is 2. The fourth-order valence-corrected chi connectivity index (χ4v) is 5.02. The van der Waals surface area contributed by atoms with Gasteiger partial charge in [0.1, 0.15) is 6.61 Å². The first-order valence-corrected chi connectivity index (χ1v) is 13.3. The molecule has 0 bridgehead atoms. The molecule has 1 aromatic heterocycles. The second kappa shape index (κ2) is 11.8. The van der Waals surface area contributed by atoms with Gasteiger partial charge in [0.15, 0.2) is 28.2 Å². The minimum Gasteiger partial charge on any atom is -0.503 e. The van der Waals surface area contributed by atoms with Crippen molar-refractivity contribution in [3.05, 3.63) is 125 Å². The molecule has 1 aliphatic rings. The number of carbonyl (C=O) groups is 2. The second-order valence-electron chi connectivity index (χ2n) is 8.68. The molecule has 196 valence electrons. The van der Waals surface area contributed by atoms with Crippen molar-refractivity contribution in [3.8, 4) is 11.5 Å². The predicted octanol–water partition coefficient (Wildman–Crippen LogP) is 6.30. The molecule has 1 aliphatic heterocycles. The number of amides is 1. The van der Waals surface area contributed by atoms with Crippen LogP contribution in [0.5, 0.6) is 11.5 Å². The summed E-state index contributed by atoms with van der Waals surface area (Å²) in [5, 5.41) is 13.0. The number of benzene rings is 3. The Hall–Kier alpha value is -4.69. The summed E-state index contributed by atoms with van der Waals surface area (Å²) in [5.74, 6) is -0.764. The molecule has 1 unspecified atom stereocenters. The lowest BCUT2D eigenvalue weighted by molar-refractivity contribution is -0.117. The monoisotopic (exact) mass is 538 g/mol. The normalized spacial score (nSPS) is 15.3.